The smallest absolute Gasteiger partial charge is 0.0577 e. The summed E-state index contributed by atoms with van der Waals surface area (Å²) >= 11 is 0. The molecule has 2 heteroatoms. The van der Waals surface area contributed by atoms with Gasteiger partial charge >= 0.3 is 0 Å². The predicted octanol–water partition coefficient (Wildman–Crippen LogP) is 1.46. The zero-order chi connectivity index (χ0) is 10.6. The van der Waals surface area contributed by atoms with Gasteiger partial charge in [0.25, 0.3) is 0 Å². The highest BCUT2D eigenvalue weighted by atomic mass is 14.8. The maximum atomic E-state index is 5.72. The molecule has 1 rings (SSSR count). The SMILES string of the molecule is CNCC#Cc1c(C)cc(N)cc1C. The molecule has 0 aliphatic heterocycles. The molecule has 0 heterocycles. The van der Waals surface area contributed by atoms with Gasteiger partial charge in [-0.25, -0.2) is 0 Å². The van der Waals surface area contributed by atoms with Crippen molar-refractivity contribution in [3.05, 3.63) is 28.8 Å². The van der Waals surface area contributed by atoms with Crippen molar-refractivity contribution in [3.63, 3.8) is 0 Å². The van der Waals surface area contributed by atoms with Crippen molar-refractivity contribution in [1.29, 1.82) is 0 Å². The number of hydrogen-bond acceptors (Lipinski definition) is 2. The highest BCUT2D eigenvalue weighted by Crippen LogP contribution is 2.16. The van der Waals surface area contributed by atoms with Crippen molar-refractivity contribution < 1.29 is 0 Å². The molecule has 3 N–H and O–H groups in total. The third-order valence-corrected chi connectivity index (χ3v) is 2.03. The summed E-state index contributed by atoms with van der Waals surface area (Å²) in [6, 6.07) is 3.91. The van der Waals surface area contributed by atoms with Gasteiger partial charge in [0.2, 0.25) is 0 Å². The number of nitrogens with two attached hydrogens (primary N) is 1. The van der Waals surface area contributed by atoms with Gasteiger partial charge in [0, 0.05) is 11.3 Å². The Balaban J connectivity index is 3.04. The lowest BCUT2D eigenvalue weighted by molar-refractivity contribution is 0.938. The lowest BCUT2D eigenvalue weighted by Crippen LogP contribution is -2.04. The number of nitrogen functional groups attached to an aromatic ring is 1. The van der Waals surface area contributed by atoms with E-state index in [9.17, 15) is 0 Å². The lowest BCUT2D eigenvalue weighted by atomic mass is 10.0. The van der Waals surface area contributed by atoms with E-state index in [4.69, 9.17) is 5.73 Å². The normalized spacial score (nSPS) is 9.36. The first kappa shape index (κ1) is 10.6. The molecule has 0 aromatic heterocycles. The van der Waals surface area contributed by atoms with Crippen molar-refractivity contribution in [3.8, 4) is 11.8 Å². The number of hydrogen-bond donors (Lipinski definition) is 2. The average molecular weight is 188 g/mol. The minimum absolute atomic E-state index is 0.712. The monoisotopic (exact) mass is 188 g/mol. The van der Waals surface area contributed by atoms with Crippen molar-refractivity contribution in [2.75, 3.05) is 19.3 Å². The molecule has 0 fully saturated rings. The summed E-state index contributed by atoms with van der Waals surface area (Å²) in [5.74, 6) is 6.19. The molecule has 0 saturated carbocycles. The summed E-state index contributed by atoms with van der Waals surface area (Å²) in [4.78, 5) is 0. The summed E-state index contributed by atoms with van der Waals surface area (Å²) < 4.78 is 0. The van der Waals surface area contributed by atoms with E-state index in [0.717, 1.165) is 22.4 Å². The van der Waals surface area contributed by atoms with E-state index < -0.39 is 0 Å². The van der Waals surface area contributed by atoms with Crippen LogP contribution in [0.5, 0.6) is 0 Å². The zero-order valence-electron chi connectivity index (χ0n) is 8.94. The van der Waals surface area contributed by atoms with E-state index in [1.807, 2.05) is 33.0 Å². The third kappa shape index (κ3) is 2.51. The maximum Gasteiger partial charge on any atom is 0.0577 e. The number of benzene rings is 1. The summed E-state index contributed by atoms with van der Waals surface area (Å²) in [6.45, 7) is 4.78. The molecule has 74 valence electrons. The van der Waals surface area contributed by atoms with E-state index in [1.165, 1.54) is 0 Å². The third-order valence-electron chi connectivity index (χ3n) is 2.03. The molecule has 0 amide bonds. The first-order valence-corrected chi connectivity index (χ1v) is 4.65. The fraction of sp³-hybridized carbons (Fsp3) is 0.333. The van der Waals surface area contributed by atoms with E-state index in [2.05, 4.69) is 17.2 Å². The Morgan fingerprint density at radius 2 is 1.86 bits per heavy atom. The van der Waals surface area contributed by atoms with Crippen LogP contribution in [-0.2, 0) is 0 Å². The first-order valence-electron chi connectivity index (χ1n) is 4.65. The van der Waals surface area contributed by atoms with Crippen molar-refractivity contribution in [2.45, 2.75) is 13.8 Å². The van der Waals surface area contributed by atoms with Gasteiger partial charge in [-0.1, -0.05) is 11.8 Å². The Kier molecular flexibility index (Phi) is 3.55. The van der Waals surface area contributed by atoms with Gasteiger partial charge in [0.05, 0.1) is 6.54 Å². The number of anilines is 1. The molecule has 0 radical (unpaired) electrons. The molecule has 0 saturated heterocycles. The van der Waals surface area contributed by atoms with Crippen LogP contribution in [0.25, 0.3) is 0 Å². The molecule has 0 spiro atoms. The summed E-state index contributed by atoms with van der Waals surface area (Å²) in [7, 11) is 1.89. The summed E-state index contributed by atoms with van der Waals surface area (Å²) in [5, 5.41) is 2.99. The van der Waals surface area contributed by atoms with Crippen molar-refractivity contribution in [1.82, 2.24) is 5.32 Å². The quantitative estimate of drug-likeness (QED) is 0.517. The van der Waals surface area contributed by atoms with Crippen LogP contribution < -0.4 is 11.1 Å². The van der Waals surface area contributed by atoms with Crippen molar-refractivity contribution >= 4 is 5.69 Å². The van der Waals surface area contributed by atoms with Crippen LogP contribution in [0, 0.1) is 25.7 Å². The van der Waals surface area contributed by atoms with Crippen LogP contribution in [-0.4, -0.2) is 13.6 Å². The second-order valence-electron chi connectivity index (χ2n) is 3.36. The lowest BCUT2D eigenvalue weighted by Gasteiger charge is -2.04. The average Bonchev–Trinajstić information content (AvgIpc) is 2.09. The number of aryl methyl sites for hydroxylation is 2. The Labute approximate surface area is 85.5 Å². The fourth-order valence-electron chi connectivity index (χ4n) is 1.42. The summed E-state index contributed by atoms with van der Waals surface area (Å²) in [5.41, 5.74) is 9.91. The second kappa shape index (κ2) is 4.69. The molecule has 1 aromatic rings. The Bertz CT molecular complexity index is 360. The van der Waals surface area contributed by atoms with Gasteiger partial charge in [-0.05, 0) is 44.2 Å². The minimum atomic E-state index is 0.712. The molecule has 2 nitrogen and oxygen atoms in total. The number of nitrogens with one attached hydrogen (secondary N) is 1. The Morgan fingerprint density at radius 3 is 2.36 bits per heavy atom. The van der Waals surface area contributed by atoms with Gasteiger partial charge < -0.3 is 11.1 Å². The van der Waals surface area contributed by atoms with Crippen LogP contribution in [0.2, 0.25) is 0 Å². The highest BCUT2D eigenvalue weighted by Gasteiger charge is 1.99. The topological polar surface area (TPSA) is 38.0 Å². The second-order valence-corrected chi connectivity index (χ2v) is 3.36. The molecule has 0 atom stereocenters. The van der Waals surface area contributed by atoms with Gasteiger partial charge in [-0.2, -0.15) is 0 Å². The van der Waals surface area contributed by atoms with Gasteiger partial charge in [0.1, 0.15) is 0 Å². The predicted molar refractivity (Wildman–Crippen MR) is 61.1 cm³/mol. The highest BCUT2D eigenvalue weighted by molar-refractivity contribution is 5.54. The largest absolute Gasteiger partial charge is 0.399 e. The van der Waals surface area contributed by atoms with E-state index in [0.29, 0.717) is 6.54 Å². The molecule has 0 bridgehead atoms. The number of rotatable bonds is 1. The van der Waals surface area contributed by atoms with E-state index in [-0.39, 0.29) is 0 Å². The van der Waals surface area contributed by atoms with Crippen LogP contribution in [0.15, 0.2) is 12.1 Å². The zero-order valence-corrected chi connectivity index (χ0v) is 8.94. The summed E-state index contributed by atoms with van der Waals surface area (Å²) in [6.07, 6.45) is 0. The van der Waals surface area contributed by atoms with Crippen LogP contribution >= 0.6 is 0 Å². The molecular formula is C12H16N2. The van der Waals surface area contributed by atoms with E-state index >= 15 is 0 Å². The Hall–Kier alpha value is -1.46. The Morgan fingerprint density at radius 1 is 1.29 bits per heavy atom. The molecule has 0 aliphatic rings. The minimum Gasteiger partial charge on any atom is -0.399 e. The van der Waals surface area contributed by atoms with Gasteiger partial charge in [0.15, 0.2) is 0 Å². The molecule has 14 heavy (non-hydrogen) atoms. The van der Waals surface area contributed by atoms with Gasteiger partial charge in [-0.3, -0.25) is 0 Å². The molecule has 1 aromatic carbocycles. The molecular weight excluding hydrogens is 172 g/mol. The van der Waals surface area contributed by atoms with E-state index in [1.54, 1.807) is 0 Å². The molecule has 0 aliphatic carbocycles. The van der Waals surface area contributed by atoms with Gasteiger partial charge in [-0.15, -0.1) is 0 Å². The fourth-order valence-corrected chi connectivity index (χ4v) is 1.42. The first-order chi connectivity index (χ1) is 6.65. The van der Waals surface area contributed by atoms with Crippen LogP contribution in [0.1, 0.15) is 16.7 Å². The standard InChI is InChI=1S/C12H16N2/c1-9-7-11(13)8-10(2)12(9)5-4-6-14-3/h7-8,14H,6,13H2,1-3H3. The van der Waals surface area contributed by atoms with Crippen molar-refractivity contribution in [2.24, 2.45) is 0 Å². The van der Waals surface area contributed by atoms with Crippen LogP contribution in [0.4, 0.5) is 5.69 Å². The maximum absolute atomic E-state index is 5.72. The molecule has 0 unspecified atom stereocenters. The van der Waals surface area contributed by atoms with Crippen LogP contribution in [0.3, 0.4) is 0 Å².